The van der Waals surface area contributed by atoms with Crippen LogP contribution in [0.25, 0.3) is 0 Å². The molecule has 2 rings (SSSR count). The maximum absolute atomic E-state index is 6.02. The quantitative estimate of drug-likeness (QED) is 0.823. The number of thioether (sulfide) groups is 1. The van der Waals surface area contributed by atoms with Gasteiger partial charge in [0.25, 0.3) is 0 Å². The molecule has 2 fully saturated rings. The van der Waals surface area contributed by atoms with E-state index in [0.29, 0.717) is 6.04 Å². The second-order valence-corrected chi connectivity index (χ2v) is 6.40. The van der Waals surface area contributed by atoms with Crippen molar-refractivity contribution in [3.8, 4) is 0 Å². The lowest BCUT2D eigenvalue weighted by Crippen LogP contribution is -2.45. The zero-order valence-corrected chi connectivity index (χ0v) is 10.9. The van der Waals surface area contributed by atoms with E-state index >= 15 is 0 Å². The van der Waals surface area contributed by atoms with Crippen LogP contribution in [0, 0.1) is 0 Å². The van der Waals surface area contributed by atoms with Crippen molar-refractivity contribution in [1.29, 1.82) is 0 Å². The molecule has 0 aromatic rings. The maximum atomic E-state index is 6.02. The van der Waals surface area contributed by atoms with Gasteiger partial charge >= 0.3 is 0 Å². The number of ether oxygens (including phenoxy) is 2. The van der Waals surface area contributed by atoms with Crippen molar-refractivity contribution in [1.82, 2.24) is 0 Å². The molecule has 0 bridgehead atoms. The van der Waals surface area contributed by atoms with Crippen molar-refractivity contribution in [2.45, 2.75) is 49.5 Å². The van der Waals surface area contributed by atoms with E-state index in [2.05, 4.69) is 6.92 Å². The topological polar surface area (TPSA) is 44.5 Å². The lowest BCUT2D eigenvalue weighted by Gasteiger charge is -2.43. The molecular weight excluding hydrogens is 222 g/mol. The molecule has 0 saturated carbocycles. The van der Waals surface area contributed by atoms with E-state index in [1.807, 2.05) is 11.8 Å². The minimum absolute atomic E-state index is 0.131. The van der Waals surface area contributed by atoms with Crippen LogP contribution in [0.1, 0.15) is 32.6 Å². The van der Waals surface area contributed by atoms with Gasteiger partial charge in [-0.1, -0.05) is 0 Å². The highest BCUT2D eigenvalue weighted by atomic mass is 32.2. The molecule has 2 saturated heterocycles. The summed E-state index contributed by atoms with van der Waals surface area (Å²) in [6.07, 6.45) is 4.51. The fraction of sp³-hybridized carbons (Fsp3) is 1.00. The number of hydrogen-bond donors (Lipinski definition) is 1. The average molecular weight is 245 g/mol. The van der Waals surface area contributed by atoms with Gasteiger partial charge in [0.1, 0.15) is 0 Å². The lowest BCUT2D eigenvalue weighted by atomic mass is 9.86. The van der Waals surface area contributed by atoms with Gasteiger partial charge < -0.3 is 15.2 Å². The van der Waals surface area contributed by atoms with Crippen molar-refractivity contribution in [3.05, 3.63) is 0 Å². The molecule has 4 heteroatoms. The van der Waals surface area contributed by atoms with Crippen LogP contribution in [-0.2, 0) is 9.47 Å². The normalized spacial score (nSPS) is 31.5. The van der Waals surface area contributed by atoms with Gasteiger partial charge in [0.15, 0.2) is 0 Å². The summed E-state index contributed by atoms with van der Waals surface area (Å²) < 4.78 is 11.4. The maximum Gasteiger partial charge on any atom is 0.0736 e. The van der Waals surface area contributed by atoms with Crippen molar-refractivity contribution in [2.75, 3.05) is 25.6 Å². The Balaban J connectivity index is 1.83. The monoisotopic (exact) mass is 245 g/mol. The molecule has 0 aliphatic carbocycles. The Bertz CT molecular complexity index is 212. The molecule has 0 aromatic carbocycles. The Morgan fingerprint density at radius 2 is 2.12 bits per heavy atom. The fourth-order valence-electron chi connectivity index (χ4n) is 2.50. The summed E-state index contributed by atoms with van der Waals surface area (Å²) in [5.74, 6) is 1.07. The largest absolute Gasteiger partial charge is 0.381 e. The molecule has 3 nitrogen and oxygen atoms in total. The predicted molar refractivity (Wildman–Crippen MR) is 67.9 cm³/mol. The van der Waals surface area contributed by atoms with E-state index in [1.165, 1.54) is 12.8 Å². The molecule has 2 unspecified atom stereocenters. The van der Waals surface area contributed by atoms with Gasteiger partial charge in [-0.15, -0.1) is 0 Å². The molecule has 2 aliphatic rings. The molecule has 0 radical (unpaired) electrons. The minimum Gasteiger partial charge on any atom is -0.381 e. The third kappa shape index (κ3) is 3.36. The second-order valence-electron chi connectivity index (χ2n) is 5.07. The Morgan fingerprint density at radius 1 is 1.38 bits per heavy atom. The third-order valence-electron chi connectivity index (χ3n) is 3.45. The van der Waals surface area contributed by atoms with E-state index in [1.54, 1.807) is 0 Å². The highest BCUT2D eigenvalue weighted by molar-refractivity contribution is 7.99. The first kappa shape index (κ1) is 12.7. The van der Waals surface area contributed by atoms with E-state index < -0.39 is 0 Å². The average Bonchev–Trinajstić information content (AvgIpc) is 2.28. The van der Waals surface area contributed by atoms with Gasteiger partial charge in [-0.25, -0.2) is 0 Å². The predicted octanol–water partition coefficient (Wildman–Crippen LogP) is 1.79. The molecule has 2 N–H and O–H groups in total. The van der Waals surface area contributed by atoms with Gasteiger partial charge in [-0.2, -0.15) is 11.8 Å². The van der Waals surface area contributed by atoms with Gasteiger partial charge in [0, 0.05) is 36.9 Å². The molecule has 0 aromatic heterocycles. The number of hydrogen-bond acceptors (Lipinski definition) is 4. The number of rotatable bonds is 3. The van der Waals surface area contributed by atoms with Gasteiger partial charge in [0.2, 0.25) is 0 Å². The smallest absolute Gasteiger partial charge is 0.0736 e. The van der Waals surface area contributed by atoms with Gasteiger partial charge in [-0.3, -0.25) is 0 Å². The van der Waals surface area contributed by atoms with Crippen LogP contribution in [0.5, 0.6) is 0 Å². The van der Waals surface area contributed by atoms with Crippen molar-refractivity contribution in [3.63, 3.8) is 0 Å². The van der Waals surface area contributed by atoms with Crippen LogP contribution in [0.4, 0.5) is 0 Å². The van der Waals surface area contributed by atoms with E-state index in [-0.39, 0.29) is 5.60 Å². The first-order valence-corrected chi connectivity index (χ1v) is 7.34. The highest BCUT2D eigenvalue weighted by Gasteiger charge is 2.38. The highest BCUT2D eigenvalue weighted by Crippen LogP contribution is 2.38. The standard InChI is InChI=1S/C12H23NO2S/c1-10(13)9-16-11-2-5-15-12(8-11)3-6-14-7-4-12/h10-11H,2-9,13H2,1H3. The fourth-order valence-corrected chi connectivity index (χ4v) is 3.76. The zero-order valence-electron chi connectivity index (χ0n) is 10.1. The van der Waals surface area contributed by atoms with Gasteiger partial charge in [0.05, 0.1) is 5.60 Å². The lowest BCUT2D eigenvalue weighted by molar-refractivity contribution is -0.131. The zero-order chi connectivity index (χ0) is 11.4. The molecule has 94 valence electrons. The van der Waals surface area contributed by atoms with E-state index in [0.717, 1.165) is 43.7 Å². The molecule has 16 heavy (non-hydrogen) atoms. The molecule has 2 aliphatic heterocycles. The first-order valence-electron chi connectivity index (χ1n) is 6.29. The van der Waals surface area contributed by atoms with E-state index in [9.17, 15) is 0 Å². The molecule has 1 spiro atoms. The van der Waals surface area contributed by atoms with Crippen LogP contribution in [-0.4, -0.2) is 42.5 Å². The van der Waals surface area contributed by atoms with Gasteiger partial charge in [-0.05, 0) is 32.6 Å². The summed E-state index contributed by atoms with van der Waals surface area (Å²) in [5, 5.41) is 0.734. The van der Waals surface area contributed by atoms with Crippen molar-refractivity contribution in [2.24, 2.45) is 5.73 Å². The van der Waals surface area contributed by atoms with Crippen LogP contribution in [0.15, 0.2) is 0 Å². The molecule has 0 amide bonds. The van der Waals surface area contributed by atoms with Crippen LogP contribution in [0.3, 0.4) is 0 Å². The summed E-state index contributed by atoms with van der Waals surface area (Å²) in [4.78, 5) is 0. The summed E-state index contributed by atoms with van der Waals surface area (Å²) in [6, 6.07) is 0.304. The van der Waals surface area contributed by atoms with Crippen LogP contribution >= 0.6 is 11.8 Å². The second kappa shape index (κ2) is 5.71. The minimum atomic E-state index is 0.131. The molecular formula is C12H23NO2S. The molecule has 2 atom stereocenters. The van der Waals surface area contributed by atoms with E-state index in [4.69, 9.17) is 15.2 Å². The Morgan fingerprint density at radius 3 is 2.81 bits per heavy atom. The summed E-state index contributed by atoms with van der Waals surface area (Å²) in [6.45, 7) is 4.72. The molecule has 2 heterocycles. The summed E-state index contributed by atoms with van der Waals surface area (Å²) in [5.41, 5.74) is 5.94. The SMILES string of the molecule is CC(N)CSC1CCOC2(CCOCC2)C1. The van der Waals surface area contributed by atoms with Crippen molar-refractivity contribution >= 4 is 11.8 Å². The Kier molecular flexibility index (Phi) is 4.53. The number of nitrogens with two attached hydrogens (primary N) is 1. The Hall–Kier alpha value is 0.230. The Labute approximate surface area is 102 Å². The first-order chi connectivity index (χ1) is 7.70. The van der Waals surface area contributed by atoms with Crippen molar-refractivity contribution < 1.29 is 9.47 Å². The summed E-state index contributed by atoms with van der Waals surface area (Å²) in [7, 11) is 0. The van der Waals surface area contributed by atoms with Crippen LogP contribution in [0.2, 0.25) is 0 Å². The summed E-state index contributed by atoms with van der Waals surface area (Å²) >= 11 is 2.03. The third-order valence-corrected chi connectivity index (χ3v) is 5.04. The van der Waals surface area contributed by atoms with Crippen LogP contribution < -0.4 is 5.73 Å².